The number of benzene rings is 1. The Morgan fingerprint density at radius 1 is 1.06 bits per heavy atom. The minimum Gasteiger partial charge on any atom is -1.00 e. The van der Waals surface area contributed by atoms with E-state index in [0.29, 0.717) is 16.0 Å². The van der Waals surface area contributed by atoms with Crippen molar-refractivity contribution in [1.82, 2.24) is 0 Å². The van der Waals surface area contributed by atoms with Crippen molar-refractivity contribution in [3.05, 3.63) is 34.7 Å². The highest BCUT2D eigenvalue weighted by Crippen LogP contribution is 2.51. The minimum atomic E-state index is -4.15. The standard InChI is InChI=1S/C13H14F3S.ClH/c1-3-9-5-6-12-10(7-9)8-11(4-2)17(12)13(14,15)16;/h5-8H,3-4H2,1-2H3;1H/q+1;/p-1. The average Bonchev–Trinajstić information content (AvgIpc) is 2.65. The number of hydrogen-bond donors (Lipinski definition) is 0. The molecule has 0 amide bonds. The summed E-state index contributed by atoms with van der Waals surface area (Å²) in [6, 6.07) is 7.04. The van der Waals surface area contributed by atoms with Crippen molar-refractivity contribution in [2.24, 2.45) is 0 Å². The molecule has 1 aromatic carbocycles. The third-order valence-corrected chi connectivity index (χ3v) is 5.07. The molecular formula is C13H14ClF3S. The molecule has 0 N–H and O–H groups in total. The largest absolute Gasteiger partial charge is 1.00 e. The normalized spacial score (nSPS) is 12.6. The molecule has 1 unspecified atom stereocenters. The zero-order chi connectivity index (χ0) is 12.6. The van der Waals surface area contributed by atoms with Crippen molar-refractivity contribution >= 4 is 20.6 Å². The third-order valence-electron chi connectivity index (χ3n) is 2.86. The van der Waals surface area contributed by atoms with E-state index in [2.05, 4.69) is 0 Å². The third kappa shape index (κ3) is 2.64. The van der Waals surface area contributed by atoms with Gasteiger partial charge in [0, 0.05) is 17.9 Å². The Labute approximate surface area is 113 Å². The van der Waals surface area contributed by atoms with Crippen LogP contribution < -0.4 is 12.4 Å². The average molecular weight is 295 g/mol. The van der Waals surface area contributed by atoms with Crippen LogP contribution >= 0.6 is 10.5 Å². The molecule has 0 radical (unpaired) electrons. The summed E-state index contributed by atoms with van der Waals surface area (Å²) in [4.78, 5) is 0.501. The molecule has 5 heteroatoms. The maximum Gasteiger partial charge on any atom is 0.600 e. The topological polar surface area (TPSA) is 0 Å². The molecule has 1 heterocycles. The molecule has 0 saturated carbocycles. The molecule has 0 fully saturated rings. The van der Waals surface area contributed by atoms with Crippen LogP contribution in [0, 0.1) is 0 Å². The molecule has 0 nitrogen and oxygen atoms in total. The number of fused-ring (bicyclic) bond motifs is 1. The van der Waals surface area contributed by atoms with Crippen LogP contribution in [0.15, 0.2) is 24.3 Å². The molecule has 0 aliphatic heterocycles. The van der Waals surface area contributed by atoms with E-state index in [4.69, 9.17) is 0 Å². The summed E-state index contributed by atoms with van der Waals surface area (Å²) in [6.07, 6.45) is 1.31. The van der Waals surface area contributed by atoms with Crippen LogP contribution in [-0.2, 0) is 18.3 Å². The fraction of sp³-hybridized carbons (Fsp3) is 0.385. The number of aryl methyl sites for hydroxylation is 2. The van der Waals surface area contributed by atoms with Gasteiger partial charge in [-0.05, 0) is 24.1 Å². The number of halogens is 4. The number of rotatable bonds is 2. The molecule has 100 valence electrons. The molecule has 2 aromatic rings. The van der Waals surface area contributed by atoms with Gasteiger partial charge in [0.2, 0.25) is 0 Å². The Balaban J connectivity index is 0.00000162. The van der Waals surface area contributed by atoms with Gasteiger partial charge in [-0.3, -0.25) is 0 Å². The number of hydrogen-bond acceptors (Lipinski definition) is 0. The van der Waals surface area contributed by atoms with Crippen LogP contribution in [0.4, 0.5) is 13.2 Å². The molecule has 0 aliphatic rings. The Kier molecular flexibility index (Phi) is 4.67. The van der Waals surface area contributed by atoms with Crippen LogP contribution in [-0.4, -0.2) is 0 Å². The van der Waals surface area contributed by atoms with Crippen molar-refractivity contribution in [1.29, 1.82) is 0 Å². The van der Waals surface area contributed by atoms with Gasteiger partial charge in [0.15, 0.2) is 9.58 Å². The lowest BCUT2D eigenvalue weighted by Gasteiger charge is -1.99. The summed E-state index contributed by atoms with van der Waals surface area (Å²) >= 11 is 0. The van der Waals surface area contributed by atoms with Crippen molar-refractivity contribution in [2.45, 2.75) is 32.2 Å². The highest BCUT2D eigenvalue weighted by atomic mass is 35.5. The van der Waals surface area contributed by atoms with Gasteiger partial charge in [0.25, 0.3) is 0 Å². The molecule has 2 rings (SSSR count). The second-order valence-corrected chi connectivity index (χ2v) is 5.98. The van der Waals surface area contributed by atoms with Crippen molar-refractivity contribution in [2.75, 3.05) is 0 Å². The maximum absolute atomic E-state index is 13.0. The first-order valence-electron chi connectivity index (χ1n) is 5.62. The first-order chi connectivity index (χ1) is 7.97. The van der Waals surface area contributed by atoms with Gasteiger partial charge in [-0.25, -0.2) is 0 Å². The van der Waals surface area contributed by atoms with E-state index in [0.717, 1.165) is 17.4 Å². The Morgan fingerprint density at radius 3 is 2.22 bits per heavy atom. The van der Waals surface area contributed by atoms with Gasteiger partial charge in [0.1, 0.15) is 0 Å². The molecule has 1 atom stereocenters. The SMILES string of the molecule is CCc1ccc2c(c1)cc(CC)[s+]2C(F)(F)F.[Cl-]. The molecule has 0 saturated heterocycles. The van der Waals surface area contributed by atoms with E-state index >= 15 is 0 Å². The number of alkyl halides is 3. The van der Waals surface area contributed by atoms with E-state index < -0.39 is 16.0 Å². The summed E-state index contributed by atoms with van der Waals surface area (Å²) in [5.41, 5.74) is -3.07. The second kappa shape index (κ2) is 5.49. The maximum atomic E-state index is 13.0. The monoisotopic (exact) mass is 294 g/mol. The smallest absolute Gasteiger partial charge is 0.600 e. The lowest BCUT2D eigenvalue weighted by atomic mass is 10.1. The van der Waals surface area contributed by atoms with Crippen molar-refractivity contribution in [3.63, 3.8) is 0 Å². The summed E-state index contributed by atoms with van der Waals surface area (Å²) in [7, 11) is -1.71. The Morgan fingerprint density at radius 2 is 1.72 bits per heavy atom. The zero-order valence-electron chi connectivity index (χ0n) is 10.1. The highest BCUT2D eigenvalue weighted by molar-refractivity contribution is 7.38. The zero-order valence-corrected chi connectivity index (χ0v) is 11.7. The number of thiophene rings is 1. The fourth-order valence-electron chi connectivity index (χ4n) is 2.01. The minimum absolute atomic E-state index is 0. The van der Waals surface area contributed by atoms with E-state index in [9.17, 15) is 13.2 Å². The lowest BCUT2D eigenvalue weighted by Crippen LogP contribution is -3.00. The van der Waals surface area contributed by atoms with Crippen molar-refractivity contribution in [3.8, 4) is 0 Å². The van der Waals surface area contributed by atoms with Crippen LogP contribution in [0.3, 0.4) is 0 Å². The molecule has 18 heavy (non-hydrogen) atoms. The first kappa shape index (κ1) is 15.3. The van der Waals surface area contributed by atoms with Gasteiger partial charge in [-0.2, -0.15) is 0 Å². The molecule has 0 spiro atoms. The molecule has 1 aromatic heterocycles. The van der Waals surface area contributed by atoms with Crippen LogP contribution in [0.2, 0.25) is 0 Å². The summed E-state index contributed by atoms with van der Waals surface area (Å²) < 4.78 is 39.5. The van der Waals surface area contributed by atoms with E-state index in [1.54, 1.807) is 25.1 Å². The molecular weight excluding hydrogens is 281 g/mol. The first-order valence-corrected chi connectivity index (χ1v) is 6.84. The summed E-state index contributed by atoms with van der Waals surface area (Å²) in [5, 5.41) is 0.752. The summed E-state index contributed by atoms with van der Waals surface area (Å²) in [6.45, 7) is 3.79. The Hall–Kier alpha value is -0.740. The summed E-state index contributed by atoms with van der Waals surface area (Å²) in [5.74, 6) is 0. The van der Waals surface area contributed by atoms with Crippen molar-refractivity contribution < 1.29 is 25.6 Å². The van der Waals surface area contributed by atoms with Crippen LogP contribution in [0.1, 0.15) is 24.3 Å². The van der Waals surface area contributed by atoms with E-state index in [1.807, 2.05) is 13.0 Å². The second-order valence-electron chi connectivity index (χ2n) is 3.94. The van der Waals surface area contributed by atoms with Gasteiger partial charge in [-0.1, -0.05) is 19.9 Å². The predicted molar refractivity (Wildman–Crippen MR) is 66.5 cm³/mol. The van der Waals surface area contributed by atoms with Gasteiger partial charge < -0.3 is 12.4 Å². The van der Waals surface area contributed by atoms with E-state index in [1.165, 1.54) is 0 Å². The Bertz CT molecular complexity index is 543. The van der Waals surface area contributed by atoms with Gasteiger partial charge in [-0.15, -0.1) is 13.2 Å². The highest BCUT2D eigenvalue weighted by Gasteiger charge is 2.47. The molecule has 0 aliphatic carbocycles. The lowest BCUT2D eigenvalue weighted by molar-refractivity contribution is -0.0867. The van der Waals surface area contributed by atoms with Crippen LogP contribution in [0.25, 0.3) is 10.1 Å². The van der Waals surface area contributed by atoms with Gasteiger partial charge >= 0.3 is 5.51 Å². The quantitative estimate of drug-likeness (QED) is 0.745. The van der Waals surface area contributed by atoms with Crippen LogP contribution in [0.5, 0.6) is 0 Å². The predicted octanol–water partition coefficient (Wildman–Crippen LogP) is 2.19. The van der Waals surface area contributed by atoms with E-state index in [-0.39, 0.29) is 12.4 Å². The fourth-order valence-corrected chi connectivity index (χ4v) is 3.93. The molecule has 0 bridgehead atoms. The van der Waals surface area contributed by atoms with Gasteiger partial charge in [0.05, 0.1) is 10.5 Å².